The normalized spacial score (nSPS) is 15.0. The molecule has 0 saturated carbocycles. The van der Waals surface area contributed by atoms with E-state index in [1.165, 1.54) is 0 Å². The summed E-state index contributed by atoms with van der Waals surface area (Å²) in [6.45, 7) is 7.02. The summed E-state index contributed by atoms with van der Waals surface area (Å²) in [7, 11) is 1.92. The Labute approximate surface area is 141 Å². The molecule has 0 aromatic carbocycles. The number of pyridine rings is 1. The Kier molecular flexibility index (Phi) is 4.69. The number of hydrogen-bond acceptors (Lipinski definition) is 6. The molecule has 3 heterocycles. The van der Waals surface area contributed by atoms with Gasteiger partial charge < -0.3 is 14.5 Å². The molecule has 0 radical (unpaired) electrons. The third-order valence-corrected chi connectivity index (χ3v) is 3.98. The zero-order valence-electron chi connectivity index (χ0n) is 14.3. The minimum atomic E-state index is -0.317. The van der Waals surface area contributed by atoms with Crippen LogP contribution in [-0.2, 0) is 11.8 Å². The highest BCUT2D eigenvalue weighted by Gasteiger charge is 2.24. The minimum absolute atomic E-state index is 0.145. The molecule has 7 heteroatoms. The van der Waals surface area contributed by atoms with E-state index in [1.807, 2.05) is 33.3 Å². The quantitative estimate of drug-likeness (QED) is 0.796. The van der Waals surface area contributed by atoms with Gasteiger partial charge in [-0.2, -0.15) is 5.10 Å². The van der Waals surface area contributed by atoms with Crippen molar-refractivity contribution in [3.8, 4) is 0 Å². The molecule has 0 bridgehead atoms. The second-order valence-electron chi connectivity index (χ2n) is 6.17. The number of carbonyl (C=O) groups excluding carboxylic acids is 1. The van der Waals surface area contributed by atoms with E-state index in [1.54, 1.807) is 23.0 Å². The zero-order valence-corrected chi connectivity index (χ0v) is 14.3. The fourth-order valence-electron chi connectivity index (χ4n) is 2.83. The van der Waals surface area contributed by atoms with Crippen molar-refractivity contribution in [3.05, 3.63) is 36.3 Å². The van der Waals surface area contributed by atoms with E-state index in [4.69, 9.17) is 4.74 Å². The highest BCUT2D eigenvalue weighted by molar-refractivity contribution is 5.94. The van der Waals surface area contributed by atoms with Gasteiger partial charge in [0.1, 0.15) is 11.4 Å². The second kappa shape index (κ2) is 6.90. The lowest BCUT2D eigenvalue weighted by Gasteiger charge is -2.36. The van der Waals surface area contributed by atoms with Crippen LogP contribution in [0.3, 0.4) is 0 Å². The summed E-state index contributed by atoms with van der Waals surface area (Å²) < 4.78 is 7.14. The molecule has 2 aromatic heterocycles. The van der Waals surface area contributed by atoms with Gasteiger partial charge in [-0.15, -0.1) is 0 Å². The molecule has 0 aliphatic carbocycles. The summed E-state index contributed by atoms with van der Waals surface area (Å²) in [4.78, 5) is 21.2. The third kappa shape index (κ3) is 3.50. The summed E-state index contributed by atoms with van der Waals surface area (Å²) in [5, 5.41) is 4.22. The van der Waals surface area contributed by atoms with E-state index >= 15 is 0 Å². The van der Waals surface area contributed by atoms with Gasteiger partial charge in [-0.1, -0.05) is 0 Å². The van der Waals surface area contributed by atoms with Crippen molar-refractivity contribution in [1.82, 2.24) is 14.8 Å². The third-order valence-electron chi connectivity index (χ3n) is 3.98. The van der Waals surface area contributed by atoms with Crippen LogP contribution < -0.4 is 9.80 Å². The molecular formula is C17H23N5O2. The van der Waals surface area contributed by atoms with Gasteiger partial charge in [0.05, 0.1) is 18.0 Å². The molecule has 0 N–H and O–H groups in total. The van der Waals surface area contributed by atoms with Gasteiger partial charge in [0.15, 0.2) is 0 Å². The van der Waals surface area contributed by atoms with Gasteiger partial charge in [-0.05, 0) is 26.0 Å². The van der Waals surface area contributed by atoms with Crippen LogP contribution in [0.1, 0.15) is 24.2 Å². The fourth-order valence-corrected chi connectivity index (χ4v) is 2.83. The van der Waals surface area contributed by atoms with Crippen molar-refractivity contribution in [2.75, 3.05) is 36.0 Å². The molecule has 2 aromatic rings. The van der Waals surface area contributed by atoms with Crippen LogP contribution >= 0.6 is 0 Å². The Morgan fingerprint density at radius 3 is 2.54 bits per heavy atom. The molecule has 7 nitrogen and oxygen atoms in total. The van der Waals surface area contributed by atoms with E-state index in [2.05, 4.69) is 19.9 Å². The minimum Gasteiger partial charge on any atom is -0.459 e. The van der Waals surface area contributed by atoms with Crippen LogP contribution in [0.15, 0.2) is 30.7 Å². The largest absolute Gasteiger partial charge is 0.459 e. The van der Waals surface area contributed by atoms with E-state index in [9.17, 15) is 4.79 Å². The maximum atomic E-state index is 12.3. The summed E-state index contributed by atoms with van der Waals surface area (Å²) in [5.74, 6) is 0.386. The first kappa shape index (κ1) is 16.3. The molecular weight excluding hydrogens is 306 g/mol. The van der Waals surface area contributed by atoms with Gasteiger partial charge >= 0.3 is 5.97 Å². The first-order chi connectivity index (χ1) is 11.5. The maximum absolute atomic E-state index is 12.3. The summed E-state index contributed by atoms with van der Waals surface area (Å²) in [6.07, 6.45) is 5.46. The summed E-state index contributed by atoms with van der Waals surface area (Å²) in [6, 6.07) is 3.55. The Balaban J connectivity index is 1.71. The van der Waals surface area contributed by atoms with Gasteiger partial charge in [-0.25, -0.2) is 9.78 Å². The maximum Gasteiger partial charge on any atom is 0.342 e. The van der Waals surface area contributed by atoms with Crippen molar-refractivity contribution >= 4 is 17.5 Å². The number of anilines is 2. The molecule has 0 atom stereocenters. The van der Waals surface area contributed by atoms with Crippen LogP contribution in [-0.4, -0.2) is 53.0 Å². The number of rotatable bonds is 4. The van der Waals surface area contributed by atoms with Crippen LogP contribution in [0.25, 0.3) is 0 Å². The number of hydrogen-bond donors (Lipinski definition) is 0. The molecule has 1 aliphatic heterocycles. The van der Waals surface area contributed by atoms with Gasteiger partial charge in [-0.3, -0.25) is 4.68 Å². The SMILES string of the molecule is CC(C)OC(=O)c1cccnc1N1CCN(c2cnn(C)c2)CC1. The molecule has 3 rings (SSSR count). The van der Waals surface area contributed by atoms with Gasteiger partial charge in [0.2, 0.25) is 0 Å². The number of esters is 1. The second-order valence-corrected chi connectivity index (χ2v) is 6.17. The Morgan fingerprint density at radius 1 is 1.21 bits per heavy atom. The standard InChI is InChI=1S/C17H23N5O2/c1-13(2)24-17(23)15-5-4-6-18-16(15)22-9-7-21(8-10-22)14-11-19-20(3)12-14/h4-6,11-13H,7-10H2,1-3H3. The van der Waals surface area contributed by atoms with E-state index < -0.39 is 0 Å². The van der Waals surface area contributed by atoms with Crippen molar-refractivity contribution in [2.24, 2.45) is 7.05 Å². The number of aromatic nitrogens is 3. The summed E-state index contributed by atoms with van der Waals surface area (Å²) >= 11 is 0. The number of aryl methyl sites for hydroxylation is 1. The van der Waals surface area contributed by atoms with Crippen LogP contribution in [0, 0.1) is 0 Å². The molecule has 0 unspecified atom stereocenters. The fraction of sp³-hybridized carbons (Fsp3) is 0.471. The van der Waals surface area contributed by atoms with E-state index in [0.717, 1.165) is 31.9 Å². The van der Waals surface area contributed by atoms with Crippen molar-refractivity contribution in [1.29, 1.82) is 0 Å². The van der Waals surface area contributed by atoms with Crippen molar-refractivity contribution in [2.45, 2.75) is 20.0 Å². The first-order valence-electron chi connectivity index (χ1n) is 8.19. The van der Waals surface area contributed by atoms with Crippen molar-refractivity contribution in [3.63, 3.8) is 0 Å². The monoisotopic (exact) mass is 329 g/mol. The first-order valence-corrected chi connectivity index (χ1v) is 8.19. The van der Waals surface area contributed by atoms with Gasteiger partial charge in [0.25, 0.3) is 0 Å². The van der Waals surface area contributed by atoms with E-state index in [0.29, 0.717) is 11.4 Å². The predicted octanol–water partition coefficient (Wildman–Crippen LogP) is 1.71. The van der Waals surface area contributed by atoms with Crippen LogP contribution in [0.2, 0.25) is 0 Å². The lowest BCUT2D eigenvalue weighted by Crippen LogP contribution is -2.47. The number of carbonyl (C=O) groups is 1. The number of ether oxygens (including phenoxy) is 1. The van der Waals surface area contributed by atoms with Crippen LogP contribution in [0.4, 0.5) is 11.5 Å². The molecule has 24 heavy (non-hydrogen) atoms. The Bertz CT molecular complexity index is 705. The molecule has 0 amide bonds. The molecule has 128 valence electrons. The zero-order chi connectivity index (χ0) is 17.1. The summed E-state index contributed by atoms with van der Waals surface area (Å²) in [5.41, 5.74) is 1.65. The van der Waals surface area contributed by atoms with Crippen molar-refractivity contribution < 1.29 is 9.53 Å². The Morgan fingerprint density at radius 2 is 1.92 bits per heavy atom. The molecule has 1 aliphatic rings. The van der Waals surface area contributed by atoms with Crippen LogP contribution in [0.5, 0.6) is 0 Å². The highest BCUT2D eigenvalue weighted by atomic mass is 16.5. The van der Waals surface area contributed by atoms with Gasteiger partial charge in [0, 0.05) is 45.6 Å². The average molecular weight is 329 g/mol. The molecule has 1 fully saturated rings. The lowest BCUT2D eigenvalue weighted by molar-refractivity contribution is 0.0378. The topological polar surface area (TPSA) is 63.5 Å². The highest BCUT2D eigenvalue weighted by Crippen LogP contribution is 2.22. The smallest absolute Gasteiger partial charge is 0.342 e. The lowest BCUT2D eigenvalue weighted by atomic mass is 10.2. The average Bonchev–Trinajstić information content (AvgIpc) is 3.01. The van der Waals surface area contributed by atoms with E-state index in [-0.39, 0.29) is 12.1 Å². The molecule has 0 spiro atoms. The predicted molar refractivity (Wildman–Crippen MR) is 92.4 cm³/mol. The number of nitrogens with zero attached hydrogens (tertiary/aromatic N) is 5. The Hall–Kier alpha value is -2.57. The molecule has 1 saturated heterocycles. The number of piperazine rings is 1.